The van der Waals surface area contributed by atoms with Gasteiger partial charge in [0.25, 0.3) is 5.91 Å². The van der Waals surface area contributed by atoms with E-state index < -0.39 is 0 Å². The number of amides is 2. The lowest BCUT2D eigenvalue weighted by molar-refractivity contribution is 0.0565. The molecule has 1 unspecified atom stereocenters. The fourth-order valence-electron chi connectivity index (χ4n) is 2.57. The van der Waals surface area contributed by atoms with Crippen molar-refractivity contribution in [2.45, 2.75) is 40.2 Å². The predicted molar refractivity (Wildman–Crippen MR) is 94.6 cm³/mol. The number of hydrogen-bond acceptors (Lipinski definition) is 6. The lowest BCUT2D eigenvalue weighted by Gasteiger charge is -2.33. The van der Waals surface area contributed by atoms with Gasteiger partial charge in [-0.1, -0.05) is 6.92 Å². The average molecular weight is 349 g/mol. The maximum Gasteiger partial charge on any atom is 0.409 e. The number of aryl methyl sites for hydroxylation is 1. The Labute approximate surface area is 148 Å². The molecule has 1 aliphatic heterocycles. The summed E-state index contributed by atoms with van der Waals surface area (Å²) in [6.07, 6.45) is 0.634. The molecule has 1 atom stereocenters. The van der Waals surface area contributed by atoms with E-state index in [-0.39, 0.29) is 18.0 Å². The fourth-order valence-corrected chi connectivity index (χ4v) is 2.57. The second kappa shape index (κ2) is 8.64. The highest BCUT2D eigenvalue weighted by molar-refractivity contribution is 5.93. The van der Waals surface area contributed by atoms with E-state index in [1.54, 1.807) is 29.7 Å². The van der Waals surface area contributed by atoms with Crippen LogP contribution in [-0.2, 0) is 4.74 Å². The van der Waals surface area contributed by atoms with Crippen LogP contribution < -0.4 is 5.32 Å². The number of nitrogens with zero attached hydrogens (tertiary/aromatic N) is 4. The van der Waals surface area contributed by atoms with Gasteiger partial charge in [0, 0.05) is 38.3 Å². The van der Waals surface area contributed by atoms with Gasteiger partial charge in [0.2, 0.25) is 0 Å². The first-order chi connectivity index (χ1) is 11.9. The molecule has 1 saturated heterocycles. The number of piperazine rings is 1. The molecule has 8 nitrogen and oxygen atoms in total. The zero-order valence-corrected chi connectivity index (χ0v) is 15.4. The number of hydrogen-bond donors (Lipinski definition) is 1. The van der Waals surface area contributed by atoms with Gasteiger partial charge in [-0.25, -0.2) is 14.8 Å². The van der Waals surface area contributed by atoms with Gasteiger partial charge in [-0.05, 0) is 27.2 Å². The van der Waals surface area contributed by atoms with Crippen molar-refractivity contribution in [2.24, 2.45) is 0 Å². The quantitative estimate of drug-likeness (QED) is 0.874. The Kier molecular flexibility index (Phi) is 6.55. The third-order valence-electron chi connectivity index (χ3n) is 4.16. The van der Waals surface area contributed by atoms with Crippen LogP contribution in [0, 0.1) is 6.92 Å². The smallest absolute Gasteiger partial charge is 0.409 e. The summed E-state index contributed by atoms with van der Waals surface area (Å²) in [5.41, 5.74) is 0.378. The Morgan fingerprint density at radius 2 is 1.84 bits per heavy atom. The largest absolute Gasteiger partial charge is 0.450 e. The molecule has 1 aromatic rings. The number of aromatic nitrogens is 2. The number of ether oxygens (including phenoxy) is 1. The molecule has 1 aromatic heterocycles. The number of nitrogens with one attached hydrogen (secondary N) is 1. The van der Waals surface area contributed by atoms with Crippen molar-refractivity contribution in [1.82, 2.24) is 19.8 Å². The van der Waals surface area contributed by atoms with Crippen LogP contribution in [0.15, 0.2) is 6.07 Å². The molecule has 0 radical (unpaired) electrons. The van der Waals surface area contributed by atoms with E-state index in [1.807, 2.05) is 0 Å². The molecule has 1 fully saturated rings. The highest BCUT2D eigenvalue weighted by Gasteiger charge is 2.26. The third-order valence-corrected chi connectivity index (χ3v) is 4.16. The molecule has 2 heterocycles. The Balaban J connectivity index is 2.02. The van der Waals surface area contributed by atoms with Crippen molar-refractivity contribution in [3.8, 4) is 0 Å². The third kappa shape index (κ3) is 5.04. The van der Waals surface area contributed by atoms with Crippen LogP contribution in [0.1, 0.15) is 43.5 Å². The van der Waals surface area contributed by atoms with Crippen molar-refractivity contribution in [3.05, 3.63) is 17.6 Å². The summed E-state index contributed by atoms with van der Waals surface area (Å²) in [5, 5.41) is 3.28. The van der Waals surface area contributed by atoms with Crippen LogP contribution in [0.4, 0.5) is 10.6 Å². The molecule has 0 bridgehead atoms. The van der Waals surface area contributed by atoms with Gasteiger partial charge >= 0.3 is 6.09 Å². The SMILES string of the molecule is CCOC(=O)N1CCN(C(=O)c2cc(NC(C)CC)nc(C)n2)CC1. The summed E-state index contributed by atoms with van der Waals surface area (Å²) in [5.74, 6) is 1.08. The first kappa shape index (κ1) is 19.0. The Hall–Kier alpha value is -2.38. The molecule has 138 valence electrons. The first-order valence-corrected chi connectivity index (χ1v) is 8.77. The molecule has 8 heteroatoms. The summed E-state index contributed by atoms with van der Waals surface area (Å²) in [4.78, 5) is 36.4. The molecule has 0 aromatic carbocycles. The van der Waals surface area contributed by atoms with Crippen molar-refractivity contribution in [2.75, 3.05) is 38.1 Å². The summed E-state index contributed by atoms with van der Waals surface area (Å²) < 4.78 is 5.00. The minimum atomic E-state index is -0.326. The van der Waals surface area contributed by atoms with E-state index in [2.05, 4.69) is 29.1 Å². The minimum Gasteiger partial charge on any atom is -0.450 e. The predicted octanol–water partition coefficient (Wildman–Crippen LogP) is 1.91. The second-order valence-electron chi connectivity index (χ2n) is 6.12. The van der Waals surface area contributed by atoms with E-state index >= 15 is 0 Å². The number of rotatable bonds is 5. The molecule has 1 aliphatic rings. The van der Waals surface area contributed by atoms with Crippen molar-refractivity contribution in [3.63, 3.8) is 0 Å². The summed E-state index contributed by atoms with van der Waals surface area (Å²) >= 11 is 0. The maximum atomic E-state index is 12.7. The average Bonchev–Trinajstić information content (AvgIpc) is 2.60. The van der Waals surface area contributed by atoms with Crippen molar-refractivity contribution >= 4 is 17.8 Å². The van der Waals surface area contributed by atoms with E-state index in [4.69, 9.17) is 4.74 Å². The number of carbonyl (C=O) groups excluding carboxylic acids is 2. The zero-order valence-electron chi connectivity index (χ0n) is 15.4. The Morgan fingerprint density at radius 1 is 1.20 bits per heavy atom. The highest BCUT2D eigenvalue weighted by atomic mass is 16.6. The van der Waals surface area contributed by atoms with Crippen LogP contribution in [0.2, 0.25) is 0 Å². The maximum absolute atomic E-state index is 12.7. The van der Waals surface area contributed by atoms with Crippen LogP contribution in [0.3, 0.4) is 0 Å². The van der Waals surface area contributed by atoms with E-state index in [0.29, 0.717) is 50.1 Å². The van der Waals surface area contributed by atoms with Crippen molar-refractivity contribution < 1.29 is 14.3 Å². The number of anilines is 1. The zero-order chi connectivity index (χ0) is 18.4. The van der Waals surface area contributed by atoms with Gasteiger partial charge in [-0.3, -0.25) is 4.79 Å². The lowest BCUT2D eigenvalue weighted by Crippen LogP contribution is -2.50. The van der Waals surface area contributed by atoms with E-state index in [1.165, 1.54) is 0 Å². The van der Waals surface area contributed by atoms with Crippen LogP contribution >= 0.6 is 0 Å². The van der Waals surface area contributed by atoms with Gasteiger partial charge in [-0.2, -0.15) is 0 Å². The monoisotopic (exact) mass is 349 g/mol. The molecule has 1 N–H and O–H groups in total. The Bertz CT molecular complexity index is 614. The molecule has 25 heavy (non-hydrogen) atoms. The van der Waals surface area contributed by atoms with Crippen molar-refractivity contribution in [1.29, 1.82) is 0 Å². The van der Waals surface area contributed by atoms with Gasteiger partial charge in [0.1, 0.15) is 17.3 Å². The van der Waals surface area contributed by atoms with Crippen LogP contribution in [0.25, 0.3) is 0 Å². The molecule has 0 saturated carbocycles. The molecular formula is C17H27N5O3. The summed E-state index contributed by atoms with van der Waals surface area (Å²) in [6.45, 7) is 9.92. The minimum absolute atomic E-state index is 0.138. The van der Waals surface area contributed by atoms with Gasteiger partial charge in [0.15, 0.2) is 0 Å². The normalized spacial score (nSPS) is 15.7. The summed E-state index contributed by atoms with van der Waals surface area (Å²) in [7, 11) is 0. The lowest BCUT2D eigenvalue weighted by atomic mass is 10.2. The van der Waals surface area contributed by atoms with Gasteiger partial charge < -0.3 is 19.9 Å². The van der Waals surface area contributed by atoms with Crippen LogP contribution in [0.5, 0.6) is 0 Å². The molecular weight excluding hydrogens is 322 g/mol. The van der Waals surface area contributed by atoms with Crippen LogP contribution in [-0.4, -0.2) is 70.6 Å². The topological polar surface area (TPSA) is 87.7 Å². The highest BCUT2D eigenvalue weighted by Crippen LogP contribution is 2.13. The number of carbonyl (C=O) groups is 2. The fraction of sp³-hybridized carbons (Fsp3) is 0.647. The molecule has 2 amide bonds. The molecule has 0 aliphatic carbocycles. The second-order valence-corrected chi connectivity index (χ2v) is 6.12. The standard InChI is InChI=1S/C17H27N5O3/c1-5-12(3)18-15-11-14(19-13(4)20-15)16(23)21-7-9-22(10-8-21)17(24)25-6-2/h11-12H,5-10H2,1-4H3,(H,18,19,20). The summed E-state index contributed by atoms with van der Waals surface area (Å²) in [6, 6.07) is 1.96. The Morgan fingerprint density at radius 3 is 2.44 bits per heavy atom. The molecule has 2 rings (SSSR count). The van der Waals surface area contributed by atoms with Gasteiger partial charge in [-0.15, -0.1) is 0 Å². The van der Waals surface area contributed by atoms with E-state index in [9.17, 15) is 9.59 Å². The molecule has 0 spiro atoms. The first-order valence-electron chi connectivity index (χ1n) is 8.77. The van der Waals surface area contributed by atoms with E-state index in [0.717, 1.165) is 6.42 Å². The van der Waals surface area contributed by atoms with Gasteiger partial charge in [0.05, 0.1) is 6.61 Å².